The Labute approximate surface area is 110 Å². The van der Waals surface area contributed by atoms with Gasteiger partial charge in [-0.2, -0.15) is 23.0 Å². The Morgan fingerprint density at radius 3 is 2.61 bits per heavy atom. The fraction of sp³-hybridized carbons (Fsp3) is 0.0769. The fourth-order valence-electron chi connectivity index (χ4n) is 1.48. The molecular weight excluding hydrogens is 244 g/mol. The molecule has 0 aliphatic rings. The van der Waals surface area contributed by atoms with Gasteiger partial charge in [0.1, 0.15) is 17.5 Å². The molecule has 0 atom stereocenters. The van der Waals surface area contributed by atoms with Crippen LogP contribution in [0.25, 0.3) is 5.69 Å². The van der Waals surface area contributed by atoms with Crippen molar-refractivity contribution in [1.82, 2.24) is 9.78 Å². The zero-order chi connectivity index (χ0) is 13.0. The van der Waals surface area contributed by atoms with Gasteiger partial charge in [-0.3, -0.25) is 0 Å². The van der Waals surface area contributed by atoms with E-state index >= 15 is 0 Å². The molecule has 4 nitrogen and oxygen atoms in total. The lowest BCUT2D eigenvalue weighted by Gasteiger charge is -2.03. The van der Waals surface area contributed by atoms with Crippen molar-refractivity contribution in [3.63, 3.8) is 0 Å². The number of nitrogen functional groups attached to an aromatic ring is 1. The minimum Gasteiger partial charge on any atom is -0.382 e. The maximum Gasteiger partial charge on any atom is 0.145 e. The Morgan fingerprint density at radius 1 is 1.33 bits per heavy atom. The summed E-state index contributed by atoms with van der Waals surface area (Å²) >= 11 is 4.02. The predicted molar refractivity (Wildman–Crippen MR) is 73.4 cm³/mol. The van der Waals surface area contributed by atoms with Crippen molar-refractivity contribution in [1.29, 1.82) is 5.26 Å². The summed E-state index contributed by atoms with van der Waals surface area (Å²) in [6.07, 6.45) is 1.45. The standard InChI is InChI=1S/C13H10N4S/c14-8-11-9-16-17(13(11)15)12-5-3-10(4-6-12)2-1-7-18/h3-6,9,18H,7,15H2. The van der Waals surface area contributed by atoms with Crippen molar-refractivity contribution in [2.75, 3.05) is 11.5 Å². The van der Waals surface area contributed by atoms with Crippen LogP contribution in [0.2, 0.25) is 0 Å². The van der Waals surface area contributed by atoms with Gasteiger partial charge in [-0.25, -0.2) is 4.68 Å². The van der Waals surface area contributed by atoms with Gasteiger partial charge in [0, 0.05) is 5.56 Å². The average Bonchev–Trinajstić information content (AvgIpc) is 2.78. The van der Waals surface area contributed by atoms with Crippen molar-refractivity contribution < 1.29 is 0 Å². The van der Waals surface area contributed by atoms with Crippen molar-refractivity contribution in [2.24, 2.45) is 0 Å². The summed E-state index contributed by atoms with van der Waals surface area (Å²) in [4.78, 5) is 0. The SMILES string of the molecule is N#Cc1cnn(-c2ccc(C#CCS)cc2)c1N. The second-order valence-corrected chi connectivity index (χ2v) is 3.79. The largest absolute Gasteiger partial charge is 0.382 e. The number of thiol groups is 1. The van der Waals surface area contributed by atoms with Gasteiger partial charge in [0.2, 0.25) is 0 Å². The van der Waals surface area contributed by atoms with Crippen molar-refractivity contribution in [2.45, 2.75) is 0 Å². The highest BCUT2D eigenvalue weighted by Gasteiger charge is 2.07. The molecule has 18 heavy (non-hydrogen) atoms. The molecule has 0 spiro atoms. The van der Waals surface area contributed by atoms with Crippen LogP contribution in [0.15, 0.2) is 30.5 Å². The maximum absolute atomic E-state index is 8.81. The molecule has 2 N–H and O–H groups in total. The summed E-state index contributed by atoms with van der Waals surface area (Å²) in [5, 5.41) is 12.9. The smallest absolute Gasteiger partial charge is 0.145 e. The molecule has 0 radical (unpaired) electrons. The van der Waals surface area contributed by atoms with Crippen molar-refractivity contribution >= 4 is 18.4 Å². The third-order valence-electron chi connectivity index (χ3n) is 2.35. The third kappa shape index (κ3) is 2.32. The van der Waals surface area contributed by atoms with Gasteiger partial charge in [-0.15, -0.1) is 0 Å². The number of anilines is 1. The molecule has 5 heteroatoms. The molecule has 0 aliphatic carbocycles. The zero-order valence-corrected chi connectivity index (χ0v) is 10.4. The van der Waals surface area contributed by atoms with Gasteiger partial charge >= 0.3 is 0 Å². The monoisotopic (exact) mass is 254 g/mol. The van der Waals surface area contributed by atoms with Crippen LogP contribution in [0.4, 0.5) is 5.82 Å². The minimum atomic E-state index is 0.340. The second kappa shape index (κ2) is 5.31. The van der Waals surface area contributed by atoms with Crippen molar-refractivity contribution in [3.8, 4) is 23.6 Å². The van der Waals surface area contributed by atoms with E-state index in [1.807, 2.05) is 30.3 Å². The van der Waals surface area contributed by atoms with E-state index in [-0.39, 0.29) is 0 Å². The summed E-state index contributed by atoms with van der Waals surface area (Å²) in [7, 11) is 0. The lowest BCUT2D eigenvalue weighted by Crippen LogP contribution is -2.02. The van der Waals surface area contributed by atoms with E-state index in [1.54, 1.807) is 0 Å². The number of benzene rings is 1. The lowest BCUT2D eigenvalue weighted by molar-refractivity contribution is 0.891. The van der Waals surface area contributed by atoms with Crippen LogP contribution < -0.4 is 5.73 Å². The van der Waals surface area contributed by atoms with Crippen molar-refractivity contribution in [3.05, 3.63) is 41.6 Å². The molecule has 0 aliphatic heterocycles. The van der Waals surface area contributed by atoms with Crippen LogP contribution in [0, 0.1) is 23.2 Å². The summed E-state index contributed by atoms with van der Waals surface area (Å²) in [6, 6.07) is 9.44. The Balaban J connectivity index is 2.35. The fourth-order valence-corrected chi connectivity index (χ4v) is 1.56. The van der Waals surface area contributed by atoms with Crippen LogP contribution in [-0.4, -0.2) is 15.5 Å². The van der Waals surface area contributed by atoms with Gasteiger partial charge < -0.3 is 5.73 Å². The first kappa shape index (κ1) is 12.1. The molecule has 0 amide bonds. The number of nitriles is 1. The average molecular weight is 254 g/mol. The molecule has 1 aromatic carbocycles. The summed E-state index contributed by atoms with van der Waals surface area (Å²) in [6.45, 7) is 0. The van der Waals surface area contributed by atoms with E-state index in [2.05, 4.69) is 29.6 Å². The van der Waals surface area contributed by atoms with Gasteiger partial charge in [0.05, 0.1) is 17.6 Å². The van der Waals surface area contributed by atoms with E-state index < -0.39 is 0 Å². The van der Waals surface area contributed by atoms with Gasteiger partial charge in [-0.1, -0.05) is 11.8 Å². The number of nitrogens with two attached hydrogens (primary N) is 1. The van der Waals surface area contributed by atoms with E-state index in [0.29, 0.717) is 17.1 Å². The normalized spacial score (nSPS) is 9.33. The first-order valence-electron chi connectivity index (χ1n) is 5.20. The summed E-state index contributed by atoms with van der Waals surface area (Å²) in [5.74, 6) is 6.70. The Kier molecular flexibility index (Phi) is 3.57. The number of aromatic nitrogens is 2. The highest BCUT2D eigenvalue weighted by atomic mass is 32.1. The number of rotatable bonds is 1. The van der Waals surface area contributed by atoms with Crippen LogP contribution in [0.3, 0.4) is 0 Å². The number of nitrogens with zero attached hydrogens (tertiary/aromatic N) is 3. The van der Waals surface area contributed by atoms with E-state index in [0.717, 1.165) is 11.3 Å². The highest BCUT2D eigenvalue weighted by molar-refractivity contribution is 7.80. The summed E-state index contributed by atoms with van der Waals surface area (Å²) in [5.41, 5.74) is 7.87. The van der Waals surface area contributed by atoms with E-state index in [1.165, 1.54) is 10.9 Å². The molecule has 0 saturated heterocycles. The summed E-state index contributed by atoms with van der Waals surface area (Å²) < 4.78 is 1.52. The molecule has 2 rings (SSSR count). The third-order valence-corrected chi connectivity index (χ3v) is 2.51. The van der Waals surface area contributed by atoms with E-state index in [9.17, 15) is 0 Å². The molecule has 2 aromatic rings. The Bertz CT molecular complexity index is 653. The lowest BCUT2D eigenvalue weighted by atomic mass is 10.2. The second-order valence-electron chi connectivity index (χ2n) is 3.47. The topological polar surface area (TPSA) is 67.6 Å². The van der Waals surface area contributed by atoms with Crippen LogP contribution >= 0.6 is 12.6 Å². The molecule has 0 unspecified atom stereocenters. The highest BCUT2D eigenvalue weighted by Crippen LogP contribution is 2.16. The van der Waals surface area contributed by atoms with Gasteiger partial charge in [0.25, 0.3) is 0 Å². The molecular formula is C13H10N4S. The quantitative estimate of drug-likeness (QED) is 0.600. The molecule has 0 bridgehead atoms. The van der Waals surface area contributed by atoms with Gasteiger partial charge in [-0.05, 0) is 24.3 Å². The Morgan fingerprint density at radius 2 is 2.06 bits per heavy atom. The number of hydrogen-bond donors (Lipinski definition) is 2. The molecule has 0 fully saturated rings. The Hall–Kier alpha value is -2.37. The molecule has 88 valence electrons. The molecule has 1 aromatic heterocycles. The number of hydrogen-bond acceptors (Lipinski definition) is 4. The minimum absolute atomic E-state index is 0.340. The first-order valence-corrected chi connectivity index (χ1v) is 5.83. The van der Waals surface area contributed by atoms with Gasteiger partial charge in [0.15, 0.2) is 0 Å². The van der Waals surface area contributed by atoms with Crippen LogP contribution in [0.5, 0.6) is 0 Å². The van der Waals surface area contributed by atoms with Crippen LogP contribution in [0.1, 0.15) is 11.1 Å². The molecule has 0 saturated carbocycles. The van der Waals surface area contributed by atoms with Crippen LogP contribution in [-0.2, 0) is 0 Å². The van der Waals surface area contributed by atoms with E-state index in [4.69, 9.17) is 11.0 Å². The zero-order valence-electron chi connectivity index (χ0n) is 9.46. The molecule has 1 heterocycles. The maximum atomic E-state index is 8.81. The first-order chi connectivity index (χ1) is 8.76. The predicted octanol–water partition coefficient (Wildman–Crippen LogP) is 1.61.